The molecule has 0 spiro atoms. The number of hydrogen-bond acceptors (Lipinski definition) is 10. The SMILES string of the molecule is CN1CCN(Oc2ccc(S(=O)(=O)NC(CCCC(=O)NO)N3C(=O)c4ccccc4S3(=O)=O)cc2)CC1. The Balaban J connectivity index is 1.54. The van der Waals surface area contributed by atoms with Gasteiger partial charge >= 0.3 is 0 Å². The number of fused-ring (bicyclic) bond motifs is 1. The maximum absolute atomic E-state index is 13.3. The Morgan fingerprint density at radius 1 is 1.08 bits per heavy atom. The van der Waals surface area contributed by atoms with E-state index in [9.17, 15) is 26.4 Å². The Kier molecular flexibility index (Phi) is 8.34. The normalized spacial score (nSPS) is 18.7. The Bertz CT molecular complexity index is 1390. The Morgan fingerprint density at radius 3 is 2.37 bits per heavy atom. The maximum atomic E-state index is 13.3. The van der Waals surface area contributed by atoms with Crippen molar-refractivity contribution >= 4 is 31.9 Å². The van der Waals surface area contributed by atoms with Gasteiger partial charge in [0.2, 0.25) is 15.9 Å². The lowest BCUT2D eigenvalue weighted by molar-refractivity contribution is -0.129. The van der Waals surface area contributed by atoms with Crippen LogP contribution in [0.4, 0.5) is 0 Å². The molecule has 2 aliphatic rings. The summed E-state index contributed by atoms with van der Waals surface area (Å²) in [5.41, 5.74) is 1.39. The van der Waals surface area contributed by atoms with E-state index < -0.39 is 38.0 Å². The number of hydroxylamine groups is 3. The number of rotatable bonds is 10. The largest absolute Gasteiger partial charge is 0.406 e. The van der Waals surface area contributed by atoms with Crippen molar-refractivity contribution in [3.63, 3.8) is 0 Å². The summed E-state index contributed by atoms with van der Waals surface area (Å²) in [7, 11) is -6.65. The quantitative estimate of drug-likeness (QED) is 0.269. The molecule has 4 rings (SSSR count). The van der Waals surface area contributed by atoms with Crippen molar-refractivity contribution in [2.45, 2.75) is 35.2 Å². The molecule has 1 saturated heterocycles. The van der Waals surface area contributed by atoms with Crippen molar-refractivity contribution in [2.24, 2.45) is 0 Å². The van der Waals surface area contributed by atoms with E-state index in [-0.39, 0.29) is 34.6 Å². The van der Waals surface area contributed by atoms with Gasteiger partial charge in [-0.1, -0.05) is 12.1 Å². The lowest BCUT2D eigenvalue weighted by atomic mass is 10.1. The monoisotopic (exact) mass is 567 g/mol. The summed E-state index contributed by atoms with van der Waals surface area (Å²) in [6.45, 7) is 3.04. The second kappa shape index (κ2) is 11.3. The lowest BCUT2D eigenvalue weighted by Gasteiger charge is -2.31. The molecule has 2 amide bonds. The van der Waals surface area contributed by atoms with Crippen LogP contribution in [0.3, 0.4) is 0 Å². The number of piperazine rings is 1. The van der Waals surface area contributed by atoms with Crippen molar-refractivity contribution < 1.29 is 36.5 Å². The maximum Gasteiger partial charge on any atom is 0.270 e. The third-order valence-corrected chi connectivity index (χ3v) is 9.59. The van der Waals surface area contributed by atoms with E-state index in [4.69, 9.17) is 10.0 Å². The minimum atomic E-state index is -4.35. The van der Waals surface area contributed by atoms with Crippen LogP contribution in [0.2, 0.25) is 0 Å². The predicted molar refractivity (Wildman–Crippen MR) is 134 cm³/mol. The first-order chi connectivity index (χ1) is 18.0. The Morgan fingerprint density at radius 2 is 1.74 bits per heavy atom. The van der Waals surface area contributed by atoms with Gasteiger partial charge < -0.3 is 9.74 Å². The van der Waals surface area contributed by atoms with Gasteiger partial charge in [0.25, 0.3) is 15.9 Å². The van der Waals surface area contributed by atoms with Crippen LogP contribution in [0.1, 0.15) is 29.6 Å². The van der Waals surface area contributed by atoms with E-state index in [0.717, 1.165) is 13.1 Å². The number of likely N-dealkylation sites (N-methyl/N-ethyl adjacent to an activating group) is 1. The van der Waals surface area contributed by atoms with Gasteiger partial charge in [0, 0.05) is 32.6 Å². The lowest BCUT2D eigenvalue weighted by Crippen LogP contribution is -2.50. The van der Waals surface area contributed by atoms with E-state index in [1.807, 2.05) is 7.05 Å². The summed E-state index contributed by atoms with van der Waals surface area (Å²) in [5.74, 6) is -1.18. The van der Waals surface area contributed by atoms with Gasteiger partial charge in [-0.05, 0) is 56.3 Å². The number of nitrogens with zero attached hydrogens (tertiary/aromatic N) is 3. The third kappa shape index (κ3) is 5.98. The molecule has 2 aliphatic heterocycles. The zero-order chi connectivity index (χ0) is 27.5. The van der Waals surface area contributed by atoms with Gasteiger partial charge in [-0.2, -0.15) is 4.72 Å². The van der Waals surface area contributed by atoms with E-state index in [0.29, 0.717) is 23.1 Å². The summed E-state index contributed by atoms with van der Waals surface area (Å²) in [6.07, 6.45) is -1.97. The second-order valence-corrected chi connectivity index (χ2v) is 12.5. The van der Waals surface area contributed by atoms with Crippen LogP contribution >= 0.6 is 0 Å². The molecule has 1 unspecified atom stereocenters. The Hall–Kier alpha value is -3.08. The standard InChI is InChI=1S/C23H29N5O8S2/c1-26-13-15-27(16-14-26)36-17-9-11-18(12-10-17)37(32,33)25-21(7-4-8-22(29)24-31)28-23(30)19-5-2-3-6-20(19)38(28,34)35/h2-3,5-6,9-12,21,25,31H,4,7-8,13-16H2,1H3,(H,24,29). The van der Waals surface area contributed by atoms with Crippen molar-refractivity contribution in [2.75, 3.05) is 33.2 Å². The van der Waals surface area contributed by atoms with Crippen molar-refractivity contribution in [3.05, 3.63) is 54.1 Å². The molecule has 2 aromatic rings. The molecule has 2 heterocycles. The van der Waals surface area contributed by atoms with E-state index in [1.165, 1.54) is 54.0 Å². The summed E-state index contributed by atoms with van der Waals surface area (Å²) in [5, 5.41) is 10.5. The van der Waals surface area contributed by atoms with Crippen molar-refractivity contribution in [1.82, 2.24) is 24.5 Å². The minimum absolute atomic E-state index is 0.0208. The number of carbonyl (C=O) groups excluding carboxylic acids is 2. The molecule has 38 heavy (non-hydrogen) atoms. The molecular formula is C23H29N5O8S2. The highest BCUT2D eigenvalue weighted by Crippen LogP contribution is 2.33. The van der Waals surface area contributed by atoms with Gasteiger partial charge in [0.1, 0.15) is 16.8 Å². The van der Waals surface area contributed by atoms with Crippen LogP contribution < -0.4 is 15.0 Å². The molecule has 3 N–H and O–H groups in total. The van der Waals surface area contributed by atoms with Gasteiger partial charge in [-0.25, -0.2) is 26.6 Å². The van der Waals surface area contributed by atoms with Crippen LogP contribution in [0.5, 0.6) is 5.75 Å². The molecule has 0 bridgehead atoms. The number of benzene rings is 2. The number of amides is 2. The van der Waals surface area contributed by atoms with Crippen molar-refractivity contribution in [1.29, 1.82) is 0 Å². The fourth-order valence-corrected chi connectivity index (χ4v) is 7.19. The van der Waals surface area contributed by atoms with Gasteiger partial charge in [0.15, 0.2) is 0 Å². The molecular weight excluding hydrogens is 538 g/mol. The van der Waals surface area contributed by atoms with E-state index in [1.54, 1.807) is 5.06 Å². The zero-order valence-electron chi connectivity index (χ0n) is 20.6. The minimum Gasteiger partial charge on any atom is -0.406 e. The first kappa shape index (κ1) is 27.9. The van der Waals surface area contributed by atoms with Crippen LogP contribution in [0.15, 0.2) is 58.3 Å². The molecule has 0 aliphatic carbocycles. The summed E-state index contributed by atoms with van der Waals surface area (Å²) >= 11 is 0. The molecule has 2 aromatic carbocycles. The predicted octanol–water partition coefficient (Wildman–Crippen LogP) is 0.353. The topological polar surface area (TPSA) is 166 Å². The van der Waals surface area contributed by atoms with Crippen LogP contribution in [-0.2, 0) is 24.8 Å². The van der Waals surface area contributed by atoms with Crippen LogP contribution in [0, 0.1) is 0 Å². The number of hydrogen-bond donors (Lipinski definition) is 3. The van der Waals surface area contributed by atoms with Gasteiger partial charge in [-0.3, -0.25) is 14.8 Å². The van der Waals surface area contributed by atoms with Crippen molar-refractivity contribution in [3.8, 4) is 5.75 Å². The third-order valence-electron chi connectivity index (χ3n) is 6.27. The zero-order valence-corrected chi connectivity index (χ0v) is 22.2. The first-order valence-electron chi connectivity index (χ1n) is 11.9. The highest BCUT2D eigenvalue weighted by molar-refractivity contribution is 7.91. The van der Waals surface area contributed by atoms with Gasteiger partial charge in [-0.15, -0.1) is 5.06 Å². The molecule has 0 saturated carbocycles. The van der Waals surface area contributed by atoms with Gasteiger partial charge in [0.05, 0.1) is 10.5 Å². The fraction of sp³-hybridized carbons (Fsp3) is 0.391. The summed E-state index contributed by atoms with van der Waals surface area (Å²) < 4.78 is 55.7. The smallest absolute Gasteiger partial charge is 0.270 e. The first-order valence-corrected chi connectivity index (χ1v) is 14.8. The highest BCUT2D eigenvalue weighted by Gasteiger charge is 2.46. The molecule has 0 radical (unpaired) electrons. The molecule has 206 valence electrons. The number of carbonyl (C=O) groups is 2. The Labute approximate surface area is 221 Å². The summed E-state index contributed by atoms with van der Waals surface area (Å²) in [4.78, 5) is 32.1. The molecule has 1 atom stereocenters. The van der Waals surface area contributed by atoms with Crippen LogP contribution in [0.25, 0.3) is 0 Å². The molecule has 1 fully saturated rings. The number of sulfonamides is 2. The van der Waals surface area contributed by atoms with Crippen LogP contribution in [-0.4, -0.2) is 87.5 Å². The molecule has 13 nitrogen and oxygen atoms in total. The highest BCUT2D eigenvalue weighted by atomic mass is 32.2. The number of nitrogens with one attached hydrogen (secondary N) is 2. The summed E-state index contributed by atoms with van der Waals surface area (Å²) in [6, 6.07) is 11.2. The second-order valence-electron chi connectivity index (χ2n) is 8.96. The van der Waals surface area contributed by atoms with E-state index >= 15 is 0 Å². The average Bonchev–Trinajstić information content (AvgIpc) is 3.10. The average molecular weight is 568 g/mol. The molecule has 15 heteroatoms. The van der Waals surface area contributed by atoms with E-state index in [2.05, 4.69) is 9.62 Å². The fourth-order valence-electron chi connectivity index (χ4n) is 4.20. The molecule has 0 aromatic heterocycles.